The lowest BCUT2D eigenvalue weighted by Crippen LogP contribution is -2.59. The largest absolute Gasteiger partial charge is 0.390 e. The summed E-state index contributed by atoms with van der Waals surface area (Å²) in [6.45, 7) is 11.0. The number of rotatable bonds is 40. The Hall–Kier alpha value is -1.79. The molecular formula is C50H100N5O6+. The standard InChI is InChI=1S/C50H99N5O6/c1-6-8-10-12-14-16-18-20-22-24-26-28-32-41(3)55(5,42(4)33-29-27-25-23-21-19-17-15-13-11-9-7-2)37-36-53-48(60)43(34-30-31-35-54-49(51)52)38-46(58)50(61)39-44(56)47(59)45(57)40-50/h41-45,47,56-57,59,61H,6-40H2,1-5H3,(H4-,51,52,53,54,60)/p+1/t41?,42?,43-,44-,45-,47?,50?,55?/m1/s1. The van der Waals surface area contributed by atoms with E-state index in [1.54, 1.807) is 0 Å². The molecule has 1 aliphatic carbocycles. The highest BCUT2D eigenvalue weighted by atomic mass is 16.4. The first-order valence-electron chi connectivity index (χ1n) is 25.7. The van der Waals surface area contributed by atoms with Crippen molar-refractivity contribution in [3.05, 3.63) is 0 Å². The SMILES string of the molecule is CCCCCCCCCCCCCCC(C)[N+](C)(CCNC(=O)[C@H](CCCCN=C(N)N)CC(=O)C1(O)C[C@@H](O)C(O)[C@H](O)C1)C(C)CCCCCCCCCCCCCC. The molecule has 360 valence electrons. The molecule has 9 N–H and O–H groups in total. The lowest BCUT2D eigenvalue weighted by Gasteiger charge is -2.45. The van der Waals surface area contributed by atoms with E-state index in [-0.39, 0.29) is 31.1 Å². The molecule has 0 spiro atoms. The zero-order valence-corrected chi connectivity index (χ0v) is 40.4. The fraction of sp³-hybridized carbons (Fsp3) is 0.940. The molecule has 0 saturated heterocycles. The van der Waals surface area contributed by atoms with Crippen LogP contribution in [0.1, 0.15) is 233 Å². The van der Waals surface area contributed by atoms with Crippen LogP contribution in [0.4, 0.5) is 0 Å². The molecule has 11 nitrogen and oxygen atoms in total. The number of nitrogens with two attached hydrogens (primary N) is 2. The Kier molecular flexibility index (Phi) is 32.5. The summed E-state index contributed by atoms with van der Waals surface area (Å²) in [6, 6.07) is 0.878. The normalized spacial score (nSPS) is 21.7. The minimum Gasteiger partial charge on any atom is -0.390 e. The number of unbranched alkanes of at least 4 members (excludes halogenated alkanes) is 23. The fourth-order valence-corrected chi connectivity index (χ4v) is 9.54. The monoisotopic (exact) mass is 867 g/mol. The maximum Gasteiger partial charge on any atom is 0.223 e. The van der Waals surface area contributed by atoms with Crippen LogP contribution >= 0.6 is 0 Å². The second-order valence-corrected chi connectivity index (χ2v) is 19.6. The minimum atomic E-state index is -2.02. The van der Waals surface area contributed by atoms with Gasteiger partial charge in [0.05, 0.1) is 44.4 Å². The van der Waals surface area contributed by atoms with E-state index < -0.39 is 35.6 Å². The first-order chi connectivity index (χ1) is 29.2. The topological polar surface area (TPSA) is 191 Å². The van der Waals surface area contributed by atoms with Gasteiger partial charge in [0.15, 0.2) is 11.7 Å². The van der Waals surface area contributed by atoms with Crippen molar-refractivity contribution in [1.29, 1.82) is 0 Å². The van der Waals surface area contributed by atoms with E-state index in [1.807, 2.05) is 0 Å². The van der Waals surface area contributed by atoms with Gasteiger partial charge in [-0.05, 0) is 52.4 Å². The van der Waals surface area contributed by atoms with Gasteiger partial charge in [0.25, 0.3) is 0 Å². The van der Waals surface area contributed by atoms with E-state index >= 15 is 0 Å². The highest BCUT2D eigenvalue weighted by Gasteiger charge is 2.48. The second kappa shape index (κ2) is 34.6. The number of quaternary nitrogens is 1. The van der Waals surface area contributed by atoms with Crippen LogP contribution in [0.2, 0.25) is 0 Å². The van der Waals surface area contributed by atoms with Crippen LogP contribution in [-0.4, -0.2) is 105 Å². The Morgan fingerprint density at radius 2 is 1.02 bits per heavy atom. The van der Waals surface area contributed by atoms with Crippen LogP contribution in [0.15, 0.2) is 4.99 Å². The number of hydrogen-bond acceptors (Lipinski definition) is 7. The quantitative estimate of drug-likeness (QED) is 0.0137. The number of carbonyl (C=O) groups excluding carboxylic acids is 2. The van der Waals surface area contributed by atoms with Gasteiger partial charge in [-0.15, -0.1) is 0 Å². The molecule has 1 aliphatic rings. The van der Waals surface area contributed by atoms with Crippen molar-refractivity contribution in [3.8, 4) is 0 Å². The Morgan fingerprint density at radius 1 is 0.639 bits per heavy atom. The summed E-state index contributed by atoms with van der Waals surface area (Å²) in [6.07, 6.45) is 30.7. The fourth-order valence-electron chi connectivity index (χ4n) is 9.54. The number of carbonyl (C=O) groups is 2. The van der Waals surface area contributed by atoms with E-state index in [0.29, 0.717) is 44.4 Å². The molecule has 0 aromatic carbocycles. The zero-order chi connectivity index (χ0) is 45.4. The van der Waals surface area contributed by atoms with Crippen molar-refractivity contribution >= 4 is 17.6 Å². The van der Waals surface area contributed by atoms with Crippen LogP contribution in [0.5, 0.6) is 0 Å². The molecule has 61 heavy (non-hydrogen) atoms. The molecule has 0 aromatic rings. The predicted octanol–water partition coefficient (Wildman–Crippen LogP) is 9.14. The van der Waals surface area contributed by atoms with Gasteiger partial charge in [0.2, 0.25) is 5.91 Å². The average molecular weight is 867 g/mol. The number of aliphatic hydroxyl groups excluding tert-OH is 3. The number of Topliss-reactive ketones (excluding diaryl/α,β-unsaturated/α-hetero) is 1. The zero-order valence-electron chi connectivity index (χ0n) is 40.4. The van der Waals surface area contributed by atoms with Gasteiger partial charge in [-0.2, -0.15) is 0 Å². The van der Waals surface area contributed by atoms with Gasteiger partial charge in [0, 0.05) is 31.7 Å². The number of likely N-dealkylation sites (N-methyl/N-ethyl adjacent to an activating group) is 1. The van der Waals surface area contributed by atoms with Crippen molar-refractivity contribution < 1.29 is 34.5 Å². The minimum absolute atomic E-state index is 0.00512. The number of nitrogens with zero attached hydrogens (tertiary/aromatic N) is 2. The summed E-state index contributed by atoms with van der Waals surface area (Å²) in [5, 5.41) is 45.0. The molecular weight excluding hydrogens is 767 g/mol. The summed E-state index contributed by atoms with van der Waals surface area (Å²) in [5.41, 5.74) is 8.97. The predicted molar refractivity (Wildman–Crippen MR) is 254 cm³/mol. The van der Waals surface area contributed by atoms with E-state index in [2.05, 4.69) is 45.1 Å². The molecule has 11 heteroatoms. The summed E-state index contributed by atoms with van der Waals surface area (Å²) in [7, 11) is 2.37. The molecule has 5 atom stereocenters. The number of hydrogen-bond donors (Lipinski definition) is 7. The van der Waals surface area contributed by atoms with Gasteiger partial charge >= 0.3 is 0 Å². The second-order valence-electron chi connectivity index (χ2n) is 19.6. The Labute approximate surface area is 374 Å². The molecule has 1 amide bonds. The van der Waals surface area contributed by atoms with Crippen molar-refractivity contribution in [1.82, 2.24) is 5.32 Å². The van der Waals surface area contributed by atoms with Crippen LogP contribution in [0, 0.1) is 5.92 Å². The first kappa shape index (κ1) is 57.2. The van der Waals surface area contributed by atoms with Crippen molar-refractivity contribution in [2.24, 2.45) is 22.4 Å². The van der Waals surface area contributed by atoms with Gasteiger partial charge in [-0.1, -0.05) is 162 Å². The lowest BCUT2D eigenvalue weighted by molar-refractivity contribution is -0.952. The molecule has 1 rings (SSSR count). The molecule has 1 fully saturated rings. The van der Waals surface area contributed by atoms with E-state index in [1.165, 1.54) is 154 Å². The number of aliphatic hydroxyl groups is 4. The van der Waals surface area contributed by atoms with Crippen molar-refractivity contribution in [2.45, 2.75) is 269 Å². The number of ketones is 1. The smallest absolute Gasteiger partial charge is 0.223 e. The maximum atomic E-state index is 13.9. The molecule has 0 aliphatic heterocycles. The maximum absolute atomic E-state index is 13.9. The highest BCUT2D eigenvalue weighted by Crippen LogP contribution is 2.33. The molecule has 0 heterocycles. The summed E-state index contributed by atoms with van der Waals surface area (Å²) in [4.78, 5) is 31.5. The van der Waals surface area contributed by atoms with Gasteiger partial charge in [-0.25, -0.2) is 0 Å². The molecule has 0 bridgehead atoms. The van der Waals surface area contributed by atoms with Gasteiger partial charge in [-0.3, -0.25) is 14.6 Å². The number of aliphatic imine (C=N–C) groups is 1. The van der Waals surface area contributed by atoms with Crippen LogP contribution in [-0.2, 0) is 9.59 Å². The van der Waals surface area contributed by atoms with Crippen LogP contribution in [0.3, 0.4) is 0 Å². The number of guanidine groups is 1. The van der Waals surface area contributed by atoms with Crippen LogP contribution in [0.25, 0.3) is 0 Å². The van der Waals surface area contributed by atoms with E-state index in [4.69, 9.17) is 11.5 Å². The van der Waals surface area contributed by atoms with Crippen LogP contribution < -0.4 is 16.8 Å². The van der Waals surface area contributed by atoms with Gasteiger partial charge in [0.1, 0.15) is 11.7 Å². The molecule has 0 aromatic heterocycles. The molecule has 0 radical (unpaired) electrons. The third kappa shape index (κ3) is 25.3. The molecule has 1 saturated carbocycles. The first-order valence-corrected chi connectivity index (χ1v) is 25.7. The Morgan fingerprint density at radius 3 is 1.41 bits per heavy atom. The number of nitrogens with one attached hydrogen (secondary N) is 1. The van der Waals surface area contributed by atoms with Crippen molar-refractivity contribution in [2.75, 3.05) is 26.7 Å². The third-order valence-corrected chi connectivity index (χ3v) is 14.3. The Bertz CT molecular complexity index is 1090. The summed E-state index contributed by atoms with van der Waals surface area (Å²) < 4.78 is 0.885. The van der Waals surface area contributed by atoms with E-state index in [0.717, 1.165) is 23.9 Å². The Balaban J connectivity index is 2.85. The highest BCUT2D eigenvalue weighted by molar-refractivity contribution is 5.92. The molecule has 2 unspecified atom stereocenters. The number of amides is 1. The summed E-state index contributed by atoms with van der Waals surface area (Å²) in [5.74, 6) is -1.53. The average Bonchev–Trinajstić information content (AvgIpc) is 3.22. The van der Waals surface area contributed by atoms with Crippen molar-refractivity contribution in [3.63, 3.8) is 0 Å². The summed E-state index contributed by atoms with van der Waals surface area (Å²) >= 11 is 0. The van der Waals surface area contributed by atoms with Gasteiger partial charge < -0.3 is 41.7 Å². The van der Waals surface area contributed by atoms with E-state index in [9.17, 15) is 30.0 Å². The third-order valence-electron chi connectivity index (χ3n) is 14.3. The lowest BCUT2D eigenvalue weighted by atomic mass is 9.75.